The number of anilines is 2. The van der Waals surface area contributed by atoms with Crippen molar-refractivity contribution >= 4 is 38.2 Å². The first-order chi connectivity index (χ1) is 21.1. The van der Waals surface area contributed by atoms with Gasteiger partial charge in [0.05, 0.1) is 40.2 Å². The van der Waals surface area contributed by atoms with E-state index in [1.165, 1.54) is 22.0 Å². The van der Waals surface area contributed by atoms with Gasteiger partial charge in [-0.1, -0.05) is 61.6 Å². The summed E-state index contributed by atoms with van der Waals surface area (Å²) in [4.78, 5) is 42.1. The first kappa shape index (κ1) is 29.6. The molecule has 44 heavy (non-hydrogen) atoms. The lowest BCUT2D eigenvalue weighted by molar-refractivity contribution is -0.115. The van der Waals surface area contributed by atoms with Crippen LogP contribution < -0.4 is 15.8 Å². The Morgan fingerprint density at radius 3 is 2.41 bits per heavy atom. The second-order valence-corrected chi connectivity index (χ2v) is 14.5. The Labute approximate surface area is 259 Å². The van der Waals surface area contributed by atoms with Crippen molar-refractivity contribution in [3.8, 4) is 11.1 Å². The summed E-state index contributed by atoms with van der Waals surface area (Å²) in [7, 11) is -1.72. The minimum atomic E-state index is -3.43. The van der Waals surface area contributed by atoms with Crippen molar-refractivity contribution in [2.75, 3.05) is 16.0 Å². The summed E-state index contributed by atoms with van der Waals surface area (Å²) in [5.41, 5.74) is 3.23. The van der Waals surface area contributed by atoms with Crippen LogP contribution in [0.3, 0.4) is 0 Å². The molecule has 0 bridgehead atoms. The van der Waals surface area contributed by atoms with Crippen LogP contribution in [-0.2, 0) is 34.6 Å². The van der Waals surface area contributed by atoms with E-state index in [-0.39, 0.29) is 46.4 Å². The van der Waals surface area contributed by atoms with Crippen molar-refractivity contribution in [1.29, 1.82) is 0 Å². The van der Waals surface area contributed by atoms with Crippen molar-refractivity contribution in [2.24, 2.45) is 18.9 Å². The van der Waals surface area contributed by atoms with Gasteiger partial charge in [0, 0.05) is 48.7 Å². The van der Waals surface area contributed by atoms with Crippen LogP contribution in [0.4, 0.5) is 11.1 Å². The van der Waals surface area contributed by atoms with Crippen LogP contribution in [0.1, 0.15) is 36.0 Å². The van der Waals surface area contributed by atoms with Gasteiger partial charge >= 0.3 is 0 Å². The van der Waals surface area contributed by atoms with E-state index in [4.69, 9.17) is 4.98 Å². The third-order valence-electron chi connectivity index (χ3n) is 7.74. The number of rotatable bonds is 9. The van der Waals surface area contributed by atoms with Gasteiger partial charge in [-0.25, -0.2) is 23.4 Å². The zero-order valence-corrected chi connectivity index (χ0v) is 26.2. The predicted molar refractivity (Wildman–Crippen MR) is 171 cm³/mol. The Hall–Kier alpha value is -4.42. The molecule has 1 amide bonds. The zero-order chi connectivity index (χ0) is 31.0. The molecule has 3 aromatic heterocycles. The molecule has 12 heteroatoms. The highest BCUT2D eigenvalue weighted by molar-refractivity contribution is 7.91. The average molecular weight is 629 g/mol. The standard InChI is InChI=1S/C32H32N6O4S2/c1-20(2)30-29-26(18-38(30)31-33-15-24(16-34-31)23-10-13-28(40)37(3)17-23)43-32(36-29)35-27(39)14-21-8-11-25(12-9-21)44(41,42)19-22-6-4-5-7-22/h4-13,15-17,20,22,30H,14,18-19H2,1-3H3,(H,35,36,39)/t30-/m0/s1. The number of carbonyl (C=O) groups excluding carboxylic acids is 1. The highest BCUT2D eigenvalue weighted by atomic mass is 32.2. The molecule has 0 unspecified atom stereocenters. The smallest absolute Gasteiger partial charge is 0.250 e. The molecular formula is C32H32N6O4S2. The first-order valence-electron chi connectivity index (χ1n) is 14.3. The van der Waals surface area contributed by atoms with Crippen molar-refractivity contribution in [3.63, 3.8) is 0 Å². The summed E-state index contributed by atoms with van der Waals surface area (Å²) in [5.74, 6) is 0.500. The highest BCUT2D eigenvalue weighted by Crippen LogP contribution is 2.43. The van der Waals surface area contributed by atoms with Crippen LogP contribution in [-0.4, -0.2) is 39.6 Å². The second-order valence-electron chi connectivity index (χ2n) is 11.4. The van der Waals surface area contributed by atoms with E-state index in [1.54, 1.807) is 56.0 Å². The van der Waals surface area contributed by atoms with Crippen molar-refractivity contribution < 1.29 is 13.2 Å². The predicted octanol–water partition coefficient (Wildman–Crippen LogP) is 4.71. The maximum atomic E-state index is 12.9. The third-order valence-corrected chi connectivity index (χ3v) is 10.5. The van der Waals surface area contributed by atoms with E-state index >= 15 is 0 Å². The SMILES string of the molecule is CC(C)[C@H]1c2nc(NC(=O)Cc3ccc(S(=O)(=O)CC4C=CC=C4)cc3)sc2CN1c1ncc(-c2ccc(=O)n(C)c2)cn1. The molecule has 1 aliphatic heterocycles. The van der Waals surface area contributed by atoms with Crippen molar-refractivity contribution in [2.45, 2.75) is 37.8 Å². The number of sulfone groups is 1. The highest BCUT2D eigenvalue weighted by Gasteiger charge is 2.37. The van der Waals surface area contributed by atoms with Crippen LogP contribution in [0, 0.1) is 11.8 Å². The largest absolute Gasteiger partial charge is 0.327 e. The Bertz CT molecular complexity index is 1910. The van der Waals surface area contributed by atoms with Crippen LogP contribution in [0.25, 0.3) is 11.1 Å². The summed E-state index contributed by atoms with van der Waals surface area (Å²) in [6.07, 6.45) is 12.8. The van der Waals surface area contributed by atoms with E-state index in [9.17, 15) is 18.0 Å². The van der Waals surface area contributed by atoms with Crippen LogP contribution in [0.2, 0.25) is 0 Å². The number of aromatic nitrogens is 4. The number of hydrogen-bond donors (Lipinski definition) is 1. The van der Waals surface area contributed by atoms with Gasteiger partial charge in [-0.3, -0.25) is 9.59 Å². The molecule has 0 fully saturated rings. The lowest BCUT2D eigenvalue weighted by Crippen LogP contribution is -2.27. The van der Waals surface area contributed by atoms with Crippen molar-refractivity contribution in [1.82, 2.24) is 19.5 Å². The van der Waals surface area contributed by atoms with E-state index < -0.39 is 9.84 Å². The topological polar surface area (TPSA) is 127 Å². The molecule has 0 spiro atoms. The van der Waals surface area contributed by atoms with Gasteiger partial charge in [-0.15, -0.1) is 0 Å². The number of thiazole rings is 1. The molecule has 2 aliphatic rings. The summed E-state index contributed by atoms with van der Waals surface area (Å²) < 4.78 is 27.0. The molecule has 10 nitrogen and oxygen atoms in total. The number of carbonyl (C=O) groups is 1. The van der Waals surface area contributed by atoms with Gasteiger partial charge < -0.3 is 14.8 Å². The fraction of sp³-hybridized carbons (Fsp3) is 0.281. The molecule has 1 N–H and O–H groups in total. The number of allylic oxidation sites excluding steroid dienone is 4. The van der Waals surface area contributed by atoms with Gasteiger partial charge in [0.1, 0.15) is 0 Å². The summed E-state index contributed by atoms with van der Waals surface area (Å²) in [5, 5.41) is 3.46. The molecule has 0 radical (unpaired) electrons. The molecule has 6 rings (SSSR count). The Morgan fingerprint density at radius 1 is 1.05 bits per heavy atom. The molecule has 4 aromatic rings. The fourth-order valence-corrected chi connectivity index (χ4v) is 8.01. The number of amides is 1. The molecule has 226 valence electrons. The number of nitrogens with one attached hydrogen (secondary N) is 1. The van der Waals surface area contributed by atoms with Gasteiger partial charge in [0.15, 0.2) is 15.0 Å². The Kier molecular flexibility index (Phi) is 8.04. The lowest BCUT2D eigenvalue weighted by atomic mass is 10.0. The molecule has 4 heterocycles. The summed E-state index contributed by atoms with van der Waals surface area (Å²) in [6, 6.07) is 9.73. The molecule has 1 aliphatic carbocycles. The molecule has 0 saturated heterocycles. The number of benzene rings is 1. The maximum Gasteiger partial charge on any atom is 0.250 e. The van der Waals surface area contributed by atoms with Gasteiger partial charge in [0.2, 0.25) is 17.4 Å². The normalized spacial score (nSPS) is 16.2. The average Bonchev–Trinajstić information content (AvgIpc) is 3.71. The van der Waals surface area contributed by atoms with Gasteiger partial charge in [-0.2, -0.15) is 0 Å². The first-order valence-corrected chi connectivity index (χ1v) is 16.8. The summed E-state index contributed by atoms with van der Waals surface area (Å²) >= 11 is 1.44. The van der Waals surface area contributed by atoms with Crippen LogP contribution >= 0.6 is 11.3 Å². The quantitative estimate of drug-likeness (QED) is 0.282. The molecule has 1 aromatic carbocycles. The fourth-order valence-electron chi connectivity index (χ4n) is 5.52. The van der Waals surface area contributed by atoms with Gasteiger partial charge in [0.25, 0.3) is 0 Å². The zero-order valence-electron chi connectivity index (χ0n) is 24.5. The number of nitrogens with zero attached hydrogens (tertiary/aromatic N) is 5. The third kappa shape index (κ3) is 6.13. The van der Waals surface area contributed by atoms with E-state index in [0.717, 1.165) is 27.3 Å². The van der Waals surface area contributed by atoms with Crippen LogP contribution in [0.5, 0.6) is 0 Å². The minimum absolute atomic E-state index is 0.0254. The van der Waals surface area contributed by atoms with E-state index in [1.807, 2.05) is 24.3 Å². The second kappa shape index (κ2) is 11.9. The molecule has 0 saturated carbocycles. The Morgan fingerprint density at radius 2 is 1.75 bits per heavy atom. The maximum absolute atomic E-state index is 12.9. The molecule has 1 atom stereocenters. The van der Waals surface area contributed by atoms with E-state index in [0.29, 0.717) is 17.6 Å². The Balaban J connectivity index is 1.10. The number of pyridine rings is 1. The number of fused-ring (bicyclic) bond motifs is 1. The monoisotopic (exact) mass is 628 g/mol. The van der Waals surface area contributed by atoms with Gasteiger partial charge in [-0.05, 0) is 29.7 Å². The lowest BCUT2D eigenvalue weighted by Gasteiger charge is -2.27. The molecular weight excluding hydrogens is 597 g/mol. The van der Waals surface area contributed by atoms with Crippen LogP contribution in [0.15, 0.2) is 89.0 Å². The number of hydrogen-bond acceptors (Lipinski definition) is 9. The number of aryl methyl sites for hydroxylation is 1. The minimum Gasteiger partial charge on any atom is -0.327 e. The summed E-state index contributed by atoms with van der Waals surface area (Å²) in [6.45, 7) is 4.82. The van der Waals surface area contributed by atoms with Crippen molar-refractivity contribution in [3.05, 3.63) is 106 Å². The van der Waals surface area contributed by atoms with E-state index in [2.05, 4.69) is 34.0 Å².